The van der Waals surface area contributed by atoms with E-state index >= 15 is 0 Å². The summed E-state index contributed by atoms with van der Waals surface area (Å²) in [6.45, 7) is 0. The largest absolute Gasteiger partial charge is 0.478 e. The van der Waals surface area contributed by atoms with Crippen molar-refractivity contribution in [2.75, 3.05) is 0 Å². The van der Waals surface area contributed by atoms with Gasteiger partial charge in [0.15, 0.2) is 6.29 Å². The molecule has 0 bridgehead atoms. The summed E-state index contributed by atoms with van der Waals surface area (Å²) in [5.41, 5.74) is 1.35. The molecule has 0 heterocycles. The third kappa shape index (κ3) is 4.42. The van der Waals surface area contributed by atoms with Crippen LogP contribution in [0.1, 0.15) is 35.2 Å². The molecule has 0 radical (unpaired) electrons. The fraction of sp³-hybridized carbons (Fsp3) is 0.417. The molecular weight excluding hydrogens is 208 g/mol. The zero-order valence-corrected chi connectivity index (χ0v) is 8.97. The van der Waals surface area contributed by atoms with Crippen molar-refractivity contribution in [3.05, 3.63) is 35.4 Å². The third-order valence-corrected chi connectivity index (χ3v) is 2.38. The van der Waals surface area contributed by atoms with Gasteiger partial charge in [-0.15, -0.1) is 0 Å². The van der Waals surface area contributed by atoms with E-state index in [1.807, 2.05) is 0 Å². The Morgan fingerprint density at radius 2 is 1.75 bits per heavy atom. The van der Waals surface area contributed by atoms with Gasteiger partial charge in [-0.25, -0.2) is 4.79 Å². The number of aliphatic hydroxyl groups excluding tert-OH is 1. The van der Waals surface area contributed by atoms with Crippen molar-refractivity contribution in [2.45, 2.75) is 32.0 Å². The first-order chi connectivity index (χ1) is 7.59. The number of carbonyl (C=O) groups is 1. The molecule has 0 unspecified atom stereocenters. The molecule has 0 aliphatic carbocycles. The maximum absolute atomic E-state index is 10.6. The maximum Gasteiger partial charge on any atom is 0.335 e. The Morgan fingerprint density at radius 1 is 1.12 bits per heavy atom. The van der Waals surface area contributed by atoms with Crippen molar-refractivity contribution in [3.63, 3.8) is 0 Å². The van der Waals surface area contributed by atoms with Crippen LogP contribution in [0.4, 0.5) is 0 Å². The molecule has 3 N–H and O–H groups in total. The molecule has 0 saturated carbocycles. The minimum absolute atomic E-state index is 0.287. The molecule has 4 heteroatoms. The van der Waals surface area contributed by atoms with Crippen molar-refractivity contribution >= 4 is 5.97 Å². The molecule has 1 aromatic rings. The second kappa shape index (κ2) is 6.25. The molecular formula is C12H16O4. The van der Waals surface area contributed by atoms with E-state index in [1.165, 1.54) is 0 Å². The molecule has 0 aliphatic rings. The van der Waals surface area contributed by atoms with E-state index in [-0.39, 0.29) is 5.56 Å². The van der Waals surface area contributed by atoms with Crippen LogP contribution in [0, 0.1) is 0 Å². The quantitative estimate of drug-likeness (QED) is 0.504. The Labute approximate surface area is 94.2 Å². The molecule has 1 aromatic carbocycles. The molecule has 0 atom stereocenters. The summed E-state index contributed by atoms with van der Waals surface area (Å²) < 4.78 is 0. The number of unbranched alkanes of at least 4 members (excludes halogenated alkanes) is 1. The van der Waals surface area contributed by atoms with E-state index < -0.39 is 12.3 Å². The van der Waals surface area contributed by atoms with E-state index in [4.69, 9.17) is 15.3 Å². The van der Waals surface area contributed by atoms with Crippen molar-refractivity contribution in [3.8, 4) is 0 Å². The molecule has 4 nitrogen and oxygen atoms in total. The van der Waals surface area contributed by atoms with Gasteiger partial charge < -0.3 is 15.3 Å². The highest BCUT2D eigenvalue weighted by Crippen LogP contribution is 2.09. The molecule has 0 aromatic heterocycles. The smallest absolute Gasteiger partial charge is 0.335 e. The Bertz CT molecular complexity index is 329. The lowest BCUT2D eigenvalue weighted by Crippen LogP contribution is -2.03. The SMILES string of the molecule is O=C(O)c1ccc(CCCCC(O)O)cc1. The molecule has 0 saturated heterocycles. The Morgan fingerprint density at radius 3 is 2.25 bits per heavy atom. The van der Waals surface area contributed by atoms with Crippen LogP contribution >= 0.6 is 0 Å². The van der Waals surface area contributed by atoms with Gasteiger partial charge in [0.05, 0.1) is 5.56 Å². The van der Waals surface area contributed by atoms with E-state index in [1.54, 1.807) is 24.3 Å². The van der Waals surface area contributed by atoms with E-state index in [9.17, 15) is 4.79 Å². The zero-order chi connectivity index (χ0) is 12.0. The van der Waals surface area contributed by atoms with Crippen LogP contribution in [-0.2, 0) is 6.42 Å². The van der Waals surface area contributed by atoms with Crippen LogP contribution in [-0.4, -0.2) is 27.6 Å². The fourth-order valence-electron chi connectivity index (χ4n) is 1.47. The minimum atomic E-state index is -1.23. The standard InChI is InChI=1S/C12H16O4/c13-11(14)4-2-1-3-9-5-7-10(8-6-9)12(15)16/h5-8,11,13-14H,1-4H2,(H,15,16). The average molecular weight is 224 g/mol. The number of carboxylic acid groups (broad SMARTS) is 1. The predicted octanol–water partition coefficient (Wildman–Crippen LogP) is 1.41. The first-order valence-corrected chi connectivity index (χ1v) is 5.28. The van der Waals surface area contributed by atoms with E-state index in [2.05, 4.69) is 0 Å². The first-order valence-electron chi connectivity index (χ1n) is 5.28. The van der Waals surface area contributed by atoms with Gasteiger partial charge in [0.2, 0.25) is 0 Å². The maximum atomic E-state index is 10.6. The normalized spacial score (nSPS) is 10.7. The highest BCUT2D eigenvalue weighted by atomic mass is 16.5. The van der Waals surface area contributed by atoms with Crippen molar-refractivity contribution in [1.82, 2.24) is 0 Å². The van der Waals surface area contributed by atoms with Crippen LogP contribution < -0.4 is 0 Å². The van der Waals surface area contributed by atoms with Gasteiger partial charge in [-0.05, 0) is 43.4 Å². The second-order valence-electron chi connectivity index (χ2n) is 3.73. The van der Waals surface area contributed by atoms with Crippen LogP contribution in [0.5, 0.6) is 0 Å². The van der Waals surface area contributed by atoms with Crippen LogP contribution in [0.3, 0.4) is 0 Å². The topological polar surface area (TPSA) is 77.8 Å². The molecule has 0 amide bonds. The summed E-state index contributed by atoms with van der Waals surface area (Å²) in [6.07, 6.45) is 1.59. The second-order valence-corrected chi connectivity index (χ2v) is 3.73. The lowest BCUT2D eigenvalue weighted by Gasteiger charge is -2.04. The summed E-state index contributed by atoms with van der Waals surface area (Å²) >= 11 is 0. The van der Waals surface area contributed by atoms with Gasteiger partial charge in [0, 0.05) is 0 Å². The fourth-order valence-corrected chi connectivity index (χ4v) is 1.47. The summed E-state index contributed by atoms with van der Waals surface area (Å²) in [7, 11) is 0. The Balaban J connectivity index is 2.35. The average Bonchev–Trinajstić information content (AvgIpc) is 2.25. The van der Waals surface area contributed by atoms with E-state index in [0.717, 1.165) is 24.8 Å². The molecule has 1 rings (SSSR count). The van der Waals surface area contributed by atoms with E-state index in [0.29, 0.717) is 6.42 Å². The van der Waals surface area contributed by atoms with Gasteiger partial charge in [0.1, 0.15) is 0 Å². The zero-order valence-electron chi connectivity index (χ0n) is 8.97. The summed E-state index contributed by atoms with van der Waals surface area (Å²) in [6, 6.07) is 6.74. The molecule has 0 aliphatic heterocycles. The Kier molecular flexibility index (Phi) is 4.95. The summed E-state index contributed by atoms with van der Waals surface area (Å²) in [5.74, 6) is -0.921. The number of hydrogen-bond acceptors (Lipinski definition) is 3. The van der Waals surface area contributed by atoms with Gasteiger partial charge >= 0.3 is 5.97 Å². The number of carboxylic acids is 1. The highest BCUT2D eigenvalue weighted by Gasteiger charge is 2.02. The molecule has 0 spiro atoms. The number of benzene rings is 1. The van der Waals surface area contributed by atoms with Crippen molar-refractivity contribution in [1.29, 1.82) is 0 Å². The van der Waals surface area contributed by atoms with Gasteiger partial charge in [-0.1, -0.05) is 12.1 Å². The number of rotatable bonds is 6. The van der Waals surface area contributed by atoms with Crippen molar-refractivity contribution in [2.24, 2.45) is 0 Å². The predicted molar refractivity (Wildman–Crippen MR) is 59.2 cm³/mol. The first kappa shape index (κ1) is 12.7. The minimum Gasteiger partial charge on any atom is -0.478 e. The van der Waals surface area contributed by atoms with Crippen LogP contribution in [0.15, 0.2) is 24.3 Å². The van der Waals surface area contributed by atoms with Crippen LogP contribution in [0.25, 0.3) is 0 Å². The van der Waals surface area contributed by atoms with Gasteiger partial charge in [-0.2, -0.15) is 0 Å². The monoisotopic (exact) mass is 224 g/mol. The molecule has 16 heavy (non-hydrogen) atoms. The summed E-state index contributed by atoms with van der Waals surface area (Å²) in [5, 5.41) is 26.0. The van der Waals surface area contributed by atoms with Gasteiger partial charge in [-0.3, -0.25) is 0 Å². The number of aromatic carboxylic acids is 1. The van der Waals surface area contributed by atoms with Crippen LogP contribution in [0.2, 0.25) is 0 Å². The number of aryl methyl sites for hydroxylation is 1. The lowest BCUT2D eigenvalue weighted by atomic mass is 10.1. The number of aliphatic hydroxyl groups is 2. The molecule has 0 fully saturated rings. The molecule has 88 valence electrons. The third-order valence-electron chi connectivity index (χ3n) is 2.38. The number of hydrogen-bond donors (Lipinski definition) is 3. The highest BCUT2D eigenvalue weighted by molar-refractivity contribution is 5.87. The lowest BCUT2D eigenvalue weighted by molar-refractivity contribution is -0.0465. The Hall–Kier alpha value is -1.39. The van der Waals surface area contributed by atoms with Crippen molar-refractivity contribution < 1.29 is 20.1 Å². The van der Waals surface area contributed by atoms with Gasteiger partial charge in [0.25, 0.3) is 0 Å². The summed E-state index contributed by atoms with van der Waals surface area (Å²) in [4.78, 5) is 10.6.